The second-order valence-corrected chi connectivity index (χ2v) is 5.30. The second kappa shape index (κ2) is 6.06. The molecule has 0 N–H and O–H groups in total. The van der Waals surface area contributed by atoms with Crippen LogP contribution in [0.2, 0.25) is 0 Å². The Labute approximate surface area is 129 Å². The van der Waals surface area contributed by atoms with Crippen LogP contribution in [-0.2, 0) is 4.74 Å². The molecule has 0 aromatic heterocycles. The van der Waals surface area contributed by atoms with Gasteiger partial charge in [0.1, 0.15) is 5.75 Å². The lowest BCUT2D eigenvalue weighted by molar-refractivity contribution is 0.100. The van der Waals surface area contributed by atoms with Crippen molar-refractivity contribution in [3.63, 3.8) is 0 Å². The molecule has 3 heteroatoms. The molecule has 0 bridgehead atoms. The van der Waals surface area contributed by atoms with Crippen molar-refractivity contribution in [2.45, 2.75) is 20.3 Å². The summed E-state index contributed by atoms with van der Waals surface area (Å²) in [7, 11) is 0. The van der Waals surface area contributed by atoms with Gasteiger partial charge in [-0.05, 0) is 35.7 Å². The normalized spacial score (nSPS) is 10.8. The molecular weight excluding hydrogens is 276 g/mol. The largest absolute Gasteiger partial charge is 0.513 e. The number of fused-ring (bicyclic) bond motifs is 2. The van der Waals surface area contributed by atoms with Gasteiger partial charge in [-0.3, -0.25) is 0 Å². The van der Waals surface area contributed by atoms with Crippen molar-refractivity contribution >= 4 is 27.7 Å². The third kappa shape index (κ3) is 2.62. The Hall–Kier alpha value is -2.55. The Morgan fingerprint density at radius 3 is 2.64 bits per heavy atom. The van der Waals surface area contributed by atoms with E-state index in [1.54, 1.807) is 0 Å². The van der Waals surface area contributed by atoms with Crippen LogP contribution in [0.25, 0.3) is 21.5 Å². The Kier molecular flexibility index (Phi) is 3.96. The van der Waals surface area contributed by atoms with Crippen LogP contribution in [0.15, 0.2) is 48.5 Å². The average molecular weight is 294 g/mol. The predicted octanol–water partition coefficient (Wildman–Crippen LogP) is 5.23. The quantitative estimate of drug-likeness (QED) is 0.377. The molecule has 112 valence electrons. The van der Waals surface area contributed by atoms with Gasteiger partial charge >= 0.3 is 6.16 Å². The SMILES string of the molecule is CCCOC(=O)Oc1c2ccccc2cc2cccc(C)c12. The van der Waals surface area contributed by atoms with E-state index in [0.29, 0.717) is 12.4 Å². The van der Waals surface area contributed by atoms with E-state index in [9.17, 15) is 4.79 Å². The Balaban J connectivity index is 2.20. The lowest BCUT2D eigenvalue weighted by Gasteiger charge is -2.13. The van der Waals surface area contributed by atoms with E-state index in [0.717, 1.165) is 33.5 Å². The molecule has 0 aliphatic rings. The van der Waals surface area contributed by atoms with Crippen LogP contribution >= 0.6 is 0 Å². The Morgan fingerprint density at radius 2 is 1.82 bits per heavy atom. The molecule has 0 spiro atoms. The number of carbonyl (C=O) groups excluding carboxylic acids is 1. The minimum Gasteiger partial charge on any atom is -0.434 e. The zero-order chi connectivity index (χ0) is 15.5. The van der Waals surface area contributed by atoms with Crippen LogP contribution in [0, 0.1) is 6.92 Å². The third-order valence-electron chi connectivity index (χ3n) is 3.66. The molecule has 0 fully saturated rings. The van der Waals surface area contributed by atoms with Crippen molar-refractivity contribution in [3.05, 3.63) is 54.1 Å². The molecule has 0 saturated carbocycles. The zero-order valence-electron chi connectivity index (χ0n) is 12.8. The fraction of sp³-hybridized carbons (Fsp3) is 0.211. The van der Waals surface area contributed by atoms with Crippen molar-refractivity contribution in [1.82, 2.24) is 0 Å². The average Bonchev–Trinajstić information content (AvgIpc) is 2.52. The Morgan fingerprint density at radius 1 is 1.05 bits per heavy atom. The van der Waals surface area contributed by atoms with Gasteiger partial charge in [0.05, 0.1) is 6.61 Å². The number of hydrogen-bond acceptors (Lipinski definition) is 3. The summed E-state index contributed by atoms with van der Waals surface area (Å²) in [5.41, 5.74) is 1.07. The Bertz CT molecular complexity index is 837. The van der Waals surface area contributed by atoms with Crippen molar-refractivity contribution in [3.8, 4) is 5.75 Å². The second-order valence-electron chi connectivity index (χ2n) is 5.30. The molecule has 3 aromatic rings. The maximum absolute atomic E-state index is 11.9. The number of carbonyl (C=O) groups is 1. The highest BCUT2D eigenvalue weighted by atomic mass is 16.7. The van der Waals surface area contributed by atoms with E-state index in [1.807, 2.05) is 56.3 Å². The number of aryl methyl sites for hydroxylation is 1. The summed E-state index contributed by atoms with van der Waals surface area (Å²) in [6.07, 6.45) is 0.118. The summed E-state index contributed by atoms with van der Waals surface area (Å²) in [5.74, 6) is 0.576. The fourth-order valence-electron chi connectivity index (χ4n) is 2.66. The molecular formula is C19H18O3. The van der Waals surface area contributed by atoms with Gasteiger partial charge in [0, 0.05) is 10.8 Å². The van der Waals surface area contributed by atoms with Crippen LogP contribution in [0.1, 0.15) is 18.9 Å². The molecule has 0 heterocycles. The van der Waals surface area contributed by atoms with Crippen LogP contribution < -0.4 is 4.74 Å². The molecule has 22 heavy (non-hydrogen) atoms. The van der Waals surface area contributed by atoms with Crippen molar-refractivity contribution in [1.29, 1.82) is 0 Å². The van der Waals surface area contributed by atoms with Gasteiger partial charge in [0.15, 0.2) is 0 Å². The smallest absolute Gasteiger partial charge is 0.434 e. The van der Waals surface area contributed by atoms with E-state index in [-0.39, 0.29) is 0 Å². The summed E-state index contributed by atoms with van der Waals surface area (Å²) < 4.78 is 10.6. The summed E-state index contributed by atoms with van der Waals surface area (Å²) in [5, 5.41) is 3.96. The molecule has 3 aromatic carbocycles. The zero-order valence-corrected chi connectivity index (χ0v) is 12.8. The standard InChI is InChI=1S/C19H18O3/c1-3-11-21-19(20)22-18-16-10-5-4-8-14(16)12-15-9-6-7-13(2)17(15)18/h4-10,12H,3,11H2,1-2H3. The molecule has 0 saturated heterocycles. The maximum atomic E-state index is 11.9. The van der Waals surface area contributed by atoms with Gasteiger partial charge in [-0.1, -0.05) is 49.4 Å². The lowest BCUT2D eigenvalue weighted by atomic mass is 9.99. The molecule has 0 amide bonds. The topological polar surface area (TPSA) is 35.5 Å². The number of ether oxygens (including phenoxy) is 2. The lowest BCUT2D eigenvalue weighted by Crippen LogP contribution is -2.11. The van der Waals surface area contributed by atoms with Crippen LogP contribution in [0.3, 0.4) is 0 Å². The van der Waals surface area contributed by atoms with E-state index in [1.165, 1.54) is 0 Å². The van der Waals surface area contributed by atoms with E-state index >= 15 is 0 Å². The highest BCUT2D eigenvalue weighted by Gasteiger charge is 2.15. The summed E-state index contributed by atoms with van der Waals surface area (Å²) >= 11 is 0. The molecule has 0 aliphatic heterocycles. The monoisotopic (exact) mass is 294 g/mol. The first-order valence-corrected chi connectivity index (χ1v) is 7.46. The fourth-order valence-corrected chi connectivity index (χ4v) is 2.66. The molecule has 0 aliphatic carbocycles. The van der Waals surface area contributed by atoms with E-state index in [4.69, 9.17) is 9.47 Å². The molecule has 0 unspecified atom stereocenters. The highest BCUT2D eigenvalue weighted by molar-refractivity contribution is 6.07. The number of rotatable bonds is 3. The van der Waals surface area contributed by atoms with E-state index in [2.05, 4.69) is 6.07 Å². The van der Waals surface area contributed by atoms with Gasteiger partial charge in [-0.2, -0.15) is 0 Å². The highest BCUT2D eigenvalue weighted by Crippen LogP contribution is 2.36. The number of hydrogen-bond donors (Lipinski definition) is 0. The van der Waals surface area contributed by atoms with Gasteiger partial charge in [0.25, 0.3) is 0 Å². The number of benzene rings is 3. The first-order chi connectivity index (χ1) is 10.7. The molecule has 3 nitrogen and oxygen atoms in total. The minimum absolute atomic E-state index is 0.362. The van der Waals surface area contributed by atoms with Crippen molar-refractivity contribution < 1.29 is 14.3 Å². The first-order valence-electron chi connectivity index (χ1n) is 7.46. The predicted molar refractivity (Wildman–Crippen MR) is 88.5 cm³/mol. The molecule has 0 radical (unpaired) electrons. The van der Waals surface area contributed by atoms with E-state index < -0.39 is 6.16 Å². The maximum Gasteiger partial charge on any atom is 0.513 e. The van der Waals surface area contributed by atoms with Crippen molar-refractivity contribution in [2.24, 2.45) is 0 Å². The van der Waals surface area contributed by atoms with Gasteiger partial charge in [-0.15, -0.1) is 0 Å². The molecule has 3 rings (SSSR count). The van der Waals surface area contributed by atoms with Crippen LogP contribution in [0.5, 0.6) is 5.75 Å². The molecule has 0 atom stereocenters. The van der Waals surface area contributed by atoms with Gasteiger partial charge in [-0.25, -0.2) is 4.79 Å². The third-order valence-corrected chi connectivity index (χ3v) is 3.66. The summed E-state index contributed by atoms with van der Waals surface area (Å²) in [6.45, 7) is 4.33. The van der Waals surface area contributed by atoms with Gasteiger partial charge < -0.3 is 9.47 Å². The van der Waals surface area contributed by atoms with Crippen LogP contribution in [0.4, 0.5) is 4.79 Å². The van der Waals surface area contributed by atoms with Crippen molar-refractivity contribution in [2.75, 3.05) is 6.61 Å². The first kappa shape index (κ1) is 14.4. The van der Waals surface area contributed by atoms with Crippen LogP contribution in [-0.4, -0.2) is 12.8 Å². The van der Waals surface area contributed by atoms with Gasteiger partial charge in [0.2, 0.25) is 0 Å². The minimum atomic E-state index is -0.650. The summed E-state index contributed by atoms with van der Waals surface area (Å²) in [4.78, 5) is 11.9. The summed E-state index contributed by atoms with van der Waals surface area (Å²) in [6, 6.07) is 16.1.